The van der Waals surface area contributed by atoms with Crippen molar-refractivity contribution in [2.75, 3.05) is 4.90 Å². The van der Waals surface area contributed by atoms with E-state index in [0.29, 0.717) is 12.0 Å². The van der Waals surface area contributed by atoms with E-state index in [4.69, 9.17) is 0 Å². The van der Waals surface area contributed by atoms with Gasteiger partial charge >= 0.3 is 0 Å². The fourth-order valence-corrected chi connectivity index (χ4v) is 3.34. The van der Waals surface area contributed by atoms with E-state index in [1.165, 1.54) is 6.07 Å². The Hall–Kier alpha value is -2.50. The summed E-state index contributed by atoms with van der Waals surface area (Å²) in [6.07, 6.45) is 4.43. The van der Waals surface area contributed by atoms with Gasteiger partial charge in [0.1, 0.15) is 0 Å². The lowest BCUT2D eigenvalue weighted by Crippen LogP contribution is -2.31. The first kappa shape index (κ1) is 14.4. The van der Waals surface area contributed by atoms with Crippen LogP contribution in [0.1, 0.15) is 18.9 Å². The van der Waals surface area contributed by atoms with Gasteiger partial charge in [0, 0.05) is 11.6 Å². The largest absolute Gasteiger partial charge is 0.274 e. The highest BCUT2D eigenvalue weighted by Crippen LogP contribution is 2.41. The Morgan fingerprint density at radius 1 is 1.27 bits per heavy atom. The summed E-state index contributed by atoms with van der Waals surface area (Å²) >= 11 is 0. The second-order valence-corrected chi connectivity index (χ2v) is 5.90. The third kappa shape index (κ3) is 2.03. The molecule has 3 rings (SSSR count). The van der Waals surface area contributed by atoms with E-state index in [9.17, 15) is 19.7 Å². The lowest BCUT2D eigenvalue weighted by Gasteiger charge is -2.22. The lowest BCUT2D eigenvalue weighted by molar-refractivity contribution is -0.385. The van der Waals surface area contributed by atoms with Gasteiger partial charge in [-0.2, -0.15) is 0 Å². The predicted octanol–water partition coefficient (Wildman–Crippen LogP) is 2.60. The first-order chi connectivity index (χ1) is 10.4. The summed E-state index contributed by atoms with van der Waals surface area (Å²) in [6.45, 7) is 3.54. The summed E-state index contributed by atoms with van der Waals surface area (Å²) in [7, 11) is 0. The second-order valence-electron chi connectivity index (χ2n) is 5.90. The van der Waals surface area contributed by atoms with Gasteiger partial charge in [-0.05, 0) is 25.3 Å². The fraction of sp³-hybridized carbons (Fsp3) is 0.375. The van der Waals surface area contributed by atoms with Crippen LogP contribution in [0.25, 0.3) is 0 Å². The van der Waals surface area contributed by atoms with Gasteiger partial charge in [-0.1, -0.05) is 25.1 Å². The molecule has 22 heavy (non-hydrogen) atoms. The molecule has 1 aromatic carbocycles. The van der Waals surface area contributed by atoms with Crippen LogP contribution < -0.4 is 4.90 Å². The summed E-state index contributed by atoms with van der Waals surface area (Å²) in [6, 6.07) is 4.46. The van der Waals surface area contributed by atoms with Crippen molar-refractivity contribution >= 4 is 23.2 Å². The van der Waals surface area contributed by atoms with Crippen LogP contribution in [0, 0.1) is 34.8 Å². The van der Waals surface area contributed by atoms with Crippen LogP contribution in [0.3, 0.4) is 0 Å². The van der Waals surface area contributed by atoms with Crippen molar-refractivity contribution in [3.8, 4) is 0 Å². The Labute approximate surface area is 127 Å². The van der Waals surface area contributed by atoms with E-state index < -0.39 is 4.92 Å². The average molecular weight is 300 g/mol. The number of aryl methyl sites for hydroxylation is 1. The molecule has 0 spiro atoms. The Morgan fingerprint density at radius 3 is 2.64 bits per heavy atom. The molecule has 1 heterocycles. The highest BCUT2D eigenvalue weighted by atomic mass is 16.6. The van der Waals surface area contributed by atoms with Crippen LogP contribution in [0.5, 0.6) is 0 Å². The smallest absolute Gasteiger partial charge is 0.274 e. The van der Waals surface area contributed by atoms with Gasteiger partial charge in [0.25, 0.3) is 5.69 Å². The van der Waals surface area contributed by atoms with Gasteiger partial charge in [0.2, 0.25) is 11.8 Å². The van der Waals surface area contributed by atoms with Gasteiger partial charge in [-0.25, -0.2) is 4.90 Å². The number of hydrogen-bond donors (Lipinski definition) is 0. The number of benzene rings is 1. The summed E-state index contributed by atoms with van der Waals surface area (Å²) in [5.41, 5.74) is 0.702. The number of nitrogens with zero attached hydrogens (tertiary/aromatic N) is 2. The molecular weight excluding hydrogens is 284 g/mol. The van der Waals surface area contributed by atoms with Gasteiger partial charge in [0.15, 0.2) is 0 Å². The van der Waals surface area contributed by atoms with E-state index in [2.05, 4.69) is 0 Å². The zero-order valence-electron chi connectivity index (χ0n) is 12.4. The number of nitro benzene ring substituents is 1. The zero-order valence-corrected chi connectivity index (χ0v) is 12.4. The van der Waals surface area contributed by atoms with Crippen LogP contribution in [-0.4, -0.2) is 16.7 Å². The number of fused-ring (bicyclic) bond motifs is 1. The van der Waals surface area contributed by atoms with Crippen molar-refractivity contribution < 1.29 is 14.5 Å². The quantitative estimate of drug-likeness (QED) is 0.364. The SMILES string of the molecule is Cc1ccc(N2C(=O)[C@H]3[C@H](C)C=CC[C@H]3C2=O)cc1[N+](=O)[O-]. The molecule has 1 aliphatic heterocycles. The van der Waals surface area contributed by atoms with Crippen LogP contribution in [-0.2, 0) is 9.59 Å². The van der Waals surface area contributed by atoms with Crippen LogP contribution in [0.4, 0.5) is 11.4 Å². The first-order valence-electron chi connectivity index (χ1n) is 7.21. The molecule has 1 aliphatic carbocycles. The summed E-state index contributed by atoms with van der Waals surface area (Å²) in [5, 5.41) is 11.1. The topological polar surface area (TPSA) is 80.5 Å². The van der Waals surface area contributed by atoms with Crippen molar-refractivity contribution in [2.45, 2.75) is 20.3 Å². The van der Waals surface area contributed by atoms with E-state index in [1.54, 1.807) is 19.1 Å². The van der Waals surface area contributed by atoms with E-state index >= 15 is 0 Å². The lowest BCUT2D eigenvalue weighted by atomic mass is 9.78. The van der Waals surface area contributed by atoms with Gasteiger partial charge in [-0.15, -0.1) is 0 Å². The fourth-order valence-electron chi connectivity index (χ4n) is 3.34. The summed E-state index contributed by atoms with van der Waals surface area (Å²) in [5.74, 6) is -1.24. The molecule has 3 atom stereocenters. The minimum absolute atomic E-state index is 0.000587. The number of allylic oxidation sites excluding steroid dienone is 2. The standard InChI is InChI=1S/C16H16N2O4/c1-9-6-7-11(8-13(9)18(21)22)17-15(19)12-5-3-4-10(2)14(12)16(17)20/h3-4,6-8,10,12,14H,5H2,1-2H3/t10-,12-,14+/m1/s1. The predicted molar refractivity (Wildman–Crippen MR) is 80.2 cm³/mol. The molecule has 2 amide bonds. The monoisotopic (exact) mass is 300 g/mol. The minimum atomic E-state index is -0.499. The average Bonchev–Trinajstić information content (AvgIpc) is 2.73. The molecule has 1 fully saturated rings. The van der Waals surface area contributed by atoms with Crippen molar-refractivity contribution in [2.24, 2.45) is 17.8 Å². The van der Waals surface area contributed by atoms with Gasteiger partial charge in [0.05, 0.1) is 22.4 Å². The van der Waals surface area contributed by atoms with Crippen LogP contribution >= 0.6 is 0 Å². The molecule has 0 radical (unpaired) electrons. The molecule has 0 aromatic heterocycles. The van der Waals surface area contributed by atoms with E-state index in [-0.39, 0.29) is 40.9 Å². The zero-order chi connectivity index (χ0) is 16.0. The van der Waals surface area contributed by atoms with E-state index in [0.717, 1.165) is 4.90 Å². The molecule has 6 nitrogen and oxygen atoms in total. The third-order valence-corrected chi connectivity index (χ3v) is 4.52. The molecule has 0 unspecified atom stereocenters. The number of rotatable bonds is 2. The van der Waals surface area contributed by atoms with Crippen molar-refractivity contribution in [3.05, 3.63) is 46.0 Å². The third-order valence-electron chi connectivity index (χ3n) is 4.52. The number of carbonyl (C=O) groups is 2. The Morgan fingerprint density at radius 2 is 2.00 bits per heavy atom. The maximum absolute atomic E-state index is 12.6. The van der Waals surface area contributed by atoms with Crippen LogP contribution in [0.15, 0.2) is 30.4 Å². The molecule has 0 N–H and O–H groups in total. The number of anilines is 1. The number of hydrogen-bond acceptors (Lipinski definition) is 4. The van der Waals surface area contributed by atoms with Gasteiger partial charge in [-0.3, -0.25) is 19.7 Å². The maximum Gasteiger partial charge on any atom is 0.274 e. The van der Waals surface area contributed by atoms with Crippen molar-refractivity contribution in [1.82, 2.24) is 0 Å². The number of imide groups is 1. The maximum atomic E-state index is 12.6. The van der Waals surface area contributed by atoms with Crippen LogP contribution in [0.2, 0.25) is 0 Å². The molecule has 114 valence electrons. The number of amides is 2. The number of nitro groups is 1. The first-order valence-corrected chi connectivity index (χ1v) is 7.21. The van der Waals surface area contributed by atoms with E-state index in [1.807, 2.05) is 19.1 Å². The minimum Gasteiger partial charge on any atom is -0.274 e. The molecule has 0 saturated carbocycles. The highest BCUT2D eigenvalue weighted by Gasteiger charge is 2.50. The summed E-state index contributed by atoms with van der Waals surface area (Å²) in [4.78, 5) is 36.9. The molecule has 1 aromatic rings. The molecule has 6 heteroatoms. The Balaban J connectivity index is 2.03. The molecule has 1 saturated heterocycles. The van der Waals surface area contributed by atoms with Crippen molar-refractivity contribution in [3.63, 3.8) is 0 Å². The number of carbonyl (C=O) groups excluding carboxylic acids is 2. The second kappa shape index (κ2) is 5.05. The van der Waals surface area contributed by atoms with Gasteiger partial charge < -0.3 is 0 Å². The van der Waals surface area contributed by atoms with Crippen molar-refractivity contribution in [1.29, 1.82) is 0 Å². The highest BCUT2D eigenvalue weighted by molar-refractivity contribution is 6.22. The summed E-state index contributed by atoms with van der Waals surface area (Å²) < 4.78 is 0. The molecule has 0 bridgehead atoms. The molecular formula is C16H16N2O4. The molecule has 2 aliphatic rings. The normalized spacial score (nSPS) is 27.2. The Bertz CT molecular complexity index is 710. The Kier molecular flexibility index (Phi) is 3.31.